The van der Waals surface area contributed by atoms with Crippen molar-refractivity contribution in [3.05, 3.63) is 29.3 Å². The van der Waals surface area contributed by atoms with E-state index in [9.17, 15) is 4.79 Å². The summed E-state index contributed by atoms with van der Waals surface area (Å²) in [5, 5.41) is 13.5. The minimum atomic E-state index is -0.434. The van der Waals surface area contributed by atoms with Crippen LogP contribution in [0.1, 0.15) is 18.1 Å². The Morgan fingerprint density at radius 3 is 2.93 bits per heavy atom. The number of anilines is 1. The van der Waals surface area contributed by atoms with Gasteiger partial charge in [-0.1, -0.05) is 29.8 Å². The van der Waals surface area contributed by atoms with Crippen LogP contribution in [0.25, 0.3) is 0 Å². The molecule has 1 aromatic carbocycles. The molecule has 1 rings (SSSR count). The lowest BCUT2D eigenvalue weighted by Crippen LogP contribution is -2.13. The predicted molar refractivity (Wildman–Crippen MR) is 59.5 cm³/mol. The third kappa shape index (κ3) is 3.09. The summed E-state index contributed by atoms with van der Waals surface area (Å²) in [4.78, 5) is 11.1. The van der Waals surface area contributed by atoms with Gasteiger partial charge < -0.3 is 10.5 Å². The van der Waals surface area contributed by atoms with Crippen LogP contribution in [0.15, 0.2) is 23.4 Å². The molecular formula is C11H14N2O2. The zero-order chi connectivity index (χ0) is 11.3. The van der Waals surface area contributed by atoms with Crippen molar-refractivity contribution in [1.82, 2.24) is 0 Å². The zero-order valence-corrected chi connectivity index (χ0v) is 8.82. The molecule has 15 heavy (non-hydrogen) atoms. The van der Waals surface area contributed by atoms with Gasteiger partial charge in [-0.15, -0.1) is 0 Å². The van der Waals surface area contributed by atoms with E-state index in [0.717, 1.165) is 29.4 Å². The average molecular weight is 206 g/mol. The normalized spacial score (nSPS) is 10.5. The lowest BCUT2D eigenvalue weighted by Gasteiger charge is -2.08. The number of oxime groups is 1. The van der Waals surface area contributed by atoms with E-state index >= 15 is 0 Å². The first-order chi connectivity index (χ1) is 7.17. The molecule has 0 aliphatic heterocycles. The van der Waals surface area contributed by atoms with Crippen LogP contribution in [0.2, 0.25) is 0 Å². The summed E-state index contributed by atoms with van der Waals surface area (Å²) < 4.78 is 0. The molecule has 0 saturated carbocycles. The second-order valence-electron chi connectivity index (χ2n) is 3.25. The maximum Gasteiger partial charge on any atom is 0.270 e. The van der Waals surface area contributed by atoms with E-state index < -0.39 is 5.91 Å². The van der Waals surface area contributed by atoms with Crippen molar-refractivity contribution in [3.63, 3.8) is 0 Å². The van der Waals surface area contributed by atoms with Crippen LogP contribution >= 0.6 is 0 Å². The smallest absolute Gasteiger partial charge is 0.270 e. The Morgan fingerprint density at radius 1 is 1.60 bits per heavy atom. The van der Waals surface area contributed by atoms with Gasteiger partial charge in [0.25, 0.3) is 5.91 Å². The number of hydrogen-bond acceptors (Lipinski definition) is 3. The number of hydrogen-bond donors (Lipinski definition) is 2. The summed E-state index contributed by atoms with van der Waals surface area (Å²) in [7, 11) is 0. The number of rotatable bonds is 3. The molecule has 80 valence electrons. The third-order valence-corrected chi connectivity index (χ3v) is 2.07. The van der Waals surface area contributed by atoms with Gasteiger partial charge in [0, 0.05) is 5.69 Å². The Hall–Kier alpha value is -1.84. The van der Waals surface area contributed by atoms with E-state index in [1.165, 1.54) is 0 Å². The first kappa shape index (κ1) is 11.2. The molecule has 0 aromatic heterocycles. The van der Waals surface area contributed by atoms with Crippen LogP contribution in [0.3, 0.4) is 0 Å². The highest BCUT2D eigenvalue weighted by atomic mass is 16.4. The highest BCUT2D eigenvalue weighted by Crippen LogP contribution is 2.17. The minimum Gasteiger partial charge on any atom is -0.411 e. The highest BCUT2D eigenvalue weighted by Gasteiger charge is 2.03. The van der Waals surface area contributed by atoms with E-state index in [0.29, 0.717) is 0 Å². The molecule has 0 fully saturated rings. The molecule has 0 saturated heterocycles. The van der Waals surface area contributed by atoms with Gasteiger partial charge in [0.15, 0.2) is 0 Å². The van der Waals surface area contributed by atoms with E-state index in [1.54, 1.807) is 0 Å². The lowest BCUT2D eigenvalue weighted by atomic mass is 10.1. The molecule has 0 bridgehead atoms. The molecule has 0 unspecified atom stereocenters. The second-order valence-corrected chi connectivity index (χ2v) is 3.25. The van der Waals surface area contributed by atoms with Gasteiger partial charge in [-0.3, -0.25) is 4.79 Å². The number of benzene rings is 1. The van der Waals surface area contributed by atoms with Crippen molar-refractivity contribution in [2.75, 3.05) is 5.32 Å². The lowest BCUT2D eigenvalue weighted by molar-refractivity contribution is -0.110. The fourth-order valence-electron chi connectivity index (χ4n) is 1.35. The fourth-order valence-corrected chi connectivity index (χ4v) is 1.35. The number of aryl methyl sites for hydroxylation is 2. The molecule has 1 amide bonds. The topological polar surface area (TPSA) is 61.7 Å². The van der Waals surface area contributed by atoms with Crippen LogP contribution in [0.4, 0.5) is 5.69 Å². The Bertz CT molecular complexity index is 386. The highest BCUT2D eigenvalue weighted by molar-refractivity contribution is 6.31. The maximum absolute atomic E-state index is 11.1. The van der Waals surface area contributed by atoms with Crippen molar-refractivity contribution < 1.29 is 10.0 Å². The fraction of sp³-hybridized carbons (Fsp3) is 0.273. The molecular weight excluding hydrogens is 192 g/mol. The first-order valence-electron chi connectivity index (χ1n) is 4.75. The number of amides is 1. The van der Waals surface area contributed by atoms with E-state index in [4.69, 9.17) is 5.21 Å². The van der Waals surface area contributed by atoms with E-state index in [-0.39, 0.29) is 0 Å². The molecule has 0 spiro atoms. The minimum absolute atomic E-state index is 0.434. The van der Waals surface area contributed by atoms with Gasteiger partial charge >= 0.3 is 0 Å². The number of nitrogens with one attached hydrogen (secondary N) is 1. The Morgan fingerprint density at radius 2 is 2.33 bits per heavy atom. The Kier molecular flexibility index (Phi) is 3.85. The molecule has 0 heterocycles. The van der Waals surface area contributed by atoms with Crippen LogP contribution in [0, 0.1) is 6.92 Å². The largest absolute Gasteiger partial charge is 0.411 e. The van der Waals surface area contributed by atoms with E-state index in [1.807, 2.05) is 32.0 Å². The van der Waals surface area contributed by atoms with Crippen molar-refractivity contribution in [1.29, 1.82) is 0 Å². The number of carbonyl (C=O) groups is 1. The van der Waals surface area contributed by atoms with Crippen LogP contribution in [-0.4, -0.2) is 17.3 Å². The molecule has 1 aromatic rings. The summed E-state index contributed by atoms with van der Waals surface area (Å²) in [5.41, 5.74) is 2.98. The number of nitrogens with zero attached hydrogens (tertiary/aromatic N) is 1. The molecule has 4 heteroatoms. The predicted octanol–water partition coefficient (Wildman–Crippen LogP) is 1.96. The first-order valence-corrected chi connectivity index (χ1v) is 4.75. The summed E-state index contributed by atoms with van der Waals surface area (Å²) in [6, 6.07) is 5.79. The third-order valence-electron chi connectivity index (χ3n) is 2.07. The van der Waals surface area contributed by atoms with Crippen molar-refractivity contribution in [2.45, 2.75) is 20.3 Å². The molecule has 0 atom stereocenters. The SMILES string of the molecule is CCc1cc(C)ccc1NC(=O)/C=N/O. The summed E-state index contributed by atoms with van der Waals surface area (Å²) in [6.07, 6.45) is 1.67. The van der Waals surface area contributed by atoms with Crippen molar-refractivity contribution in [2.24, 2.45) is 5.16 Å². The maximum atomic E-state index is 11.1. The van der Waals surface area contributed by atoms with Gasteiger partial charge in [-0.25, -0.2) is 0 Å². The molecule has 2 N–H and O–H groups in total. The standard InChI is InChI=1S/C11H14N2O2/c1-3-9-6-8(2)4-5-10(9)13-11(14)7-12-15/h4-7,15H,3H2,1-2H3,(H,13,14)/b12-7+. The zero-order valence-electron chi connectivity index (χ0n) is 8.82. The van der Waals surface area contributed by atoms with Crippen LogP contribution in [-0.2, 0) is 11.2 Å². The second kappa shape index (κ2) is 5.14. The molecule has 4 nitrogen and oxygen atoms in total. The summed E-state index contributed by atoms with van der Waals surface area (Å²) in [5.74, 6) is -0.434. The monoisotopic (exact) mass is 206 g/mol. The Labute approximate surface area is 88.6 Å². The van der Waals surface area contributed by atoms with E-state index in [2.05, 4.69) is 10.5 Å². The molecule has 0 aliphatic carbocycles. The van der Waals surface area contributed by atoms with Crippen LogP contribution < -0.4 is 5.32 Å². The summed E-state index contributed by atoms with van der Waals surface area (Å²) in [6.45, 7) is 4.02. The van der Waals surface area contributed by atoms with Gasteiger partial charge in [0.05, 0.1) is 0 Å². The molecule has 0 aliphatic rings. The van der Waals surface area contributed by atoms with Gasteiger partial charge in [-0.05, 0) is 25.0 Å². The summed E-state index contributed by atoms with van der Waals surface area (Å²) >= 11 is 0. The average Bonchev–Trinajstić information content (AvgIpc) is 2.21. The van der Waals surface area contributed by atoms with Crippen molar-refractivity contribution >= 4 is 17.8 Å². The quantitative estimate of drug-likeness (QED) is 0.451. The number of carbonyl (C=O) groups excluding carboxylic acids is 1. The van der Waals surface area contributed by atoms with Gasteiger partial charge in [0.1, 0.15) is 6.21 Å². The van der Waals surface area contributed by atoms with Crippen LogP contribution in [0.5, 0.6) is 0 Å². The Balaban J connectivity index is 2.89. The van der Waals surface area contributed by atoms with Crippen molar-refractivity contribution in [3.8, 4) is 0 Å². The van der Waals surface area contributed by atoms with Gasteiger partial charge in [-0.2, -0.15) is 0 Å². The molecule has 0 radical (unpaired) electrons. The van der Waals surface area contributed by atoms with Gasteiger partial charge in [0.2, 0.25) is 0 Å².